The molecule has 1 N–H and O–H groups in total. The Morgan fingerprint density at radius 1 is 1.43 bits per heavy atom. The van der Waals surface area contributed by atoms with E-state index in [-0.39, 0.29) is 5.78 Å². The van der Waals surface area contributed by atoms with Crippen LogP contribution in [0.5, 0.6) is 0 Å². The number of ketones is 1. The molecule has 1 unspecified atom stereocenters. The third kappa shape index (κ3) is 2.67. The monoisotopic (exact) mass is 192 g/mol. The van der Waals surface area contributed by atoms with Gasteiger partial charge >= 0.3 is 0 Å². The van der Waals surface area contributed by atoms with Crippen molar-refractivity contribution in [3.8, 4) is 0 Å². The maximum atomic E-state index is 11.3. The summed E-state index contributed by atoms with van der Waals surface area (Å²) in [4.78, 5) is 11.3. The second-order valence-corrected chi connectivity index (χ2v) is 3.75. The van der Waals surface area contributed by atoms with Crippen LogP contribution in [-0.4, -0.2) is 17.0 Å². The predicted octanol–water partition coefficient (Wildman–Crippen LogP) is 1.80. The van der Waals surface area contributed by atoms with Crippen LogP contribution in [0.3, 0.4) is 0 Å². The predicted molar refractivity (Wildman–Crippen MR) is 56.3 cm³/mol. The number of hydrogen-bond acceptors (Lipinski definition) is 2. The Kier molecular flexibility index (Phi) is 3.42. The van der Waals surface area contributed by atoms with Crippen molar-refractivity contribution in [3.05, 3.63) is 34.9 Å². The van der Waals surface area contributed by atoms with Gasteiger partial charge in [-0.2, -0.15) is 0 Å². The maximum absolute atomic E-state index is 11.3. The van der Waals surface area contributed by atoms with E-state index in [2.05, 4.69) is 0 Å². The number of Topliss-reactive ketones (excluding diaryl/α,β-unsaturated/α-hetero) is 1. The number of aliphatic hydroxyl groups is 1. The van der Waals surface area contributed by atoms with Gasteiger partial charge in [0.2, 0.25) is 0 Å². The average molecular weight is 192 g/mol. The van der Waals surface area contributed by atoms with E-state index in [0.717, 1.165) is 16.7 Å². The van der Waals surface area contributed by atoms with Crippen molar-refractivity contribution in [2.75, 3.05) is 0 Å². The van der Waals surface area contributed by atoms with Crippen LogP contribution < -0.4 is 0 Å². The zero-order valence-electron chi connectivity index (χ0n) is 8.87. The quantitative estimate of drug-likeness (QED) is 0.792. The molecule has 0 amide bonds. The van der Waals surface area contributed by atoms with E-state index < -0.39 is 6.10 Å². The summed E-state index contributed by atoms with van der Waals surface area (Å²) in [6.45, 7) is 5.48. The molecule has 0 fully saturated rings. The van der Waals surface area contributed by atoms with Crippen LogP contribution in [-0.2, 0) is 11.2 Å². The molecule has 14 heavy (non-hydrogen) atoms. The lowest BCUT2D eigenvalue weighted by Crippen LogP contribution is -2.18. The maximum Gasteiger partial charge on any atom is 0.165 e. The number of carbonyl (C=O) groups excluding carboxylic acids is 1. The zero-order chi connectivity index (χ0) is 10.7. The van der Waals surface area contributed by atoms with E-state index in [4.69, 9.17) is 5.11 Å². The van der Waals surface area contributed by atoms with Gasteiger partial charge in [-0.1, -0.05) is 23.8 Å². The van der Waals surface area contributed by atoms with Crippen molar-refractivity contribution in [1.29, 1.82) is 0 Å². The van der Waals surface area contributed by atoms with Crippen LogP contribution in [0.1, 0.15) is 23.6 Å². The average Bonchev–Trinajstić information content (AvgIpc) is 2.11. The highest BCUT2D eigenvalue weighted by atomic mass is 16.3. The van der Waals surface area contributed by atoms with Gasteiger partial charge in [0.05, 0.1) is 0 Å². The van der Waals surface area contributed by atoms with Crippen molar-refractivity contribution in [2.24, 2.45) is 0 Å². The van der Waals surface area contributed by atoms with Crippen molar-refractivity contribution in [2.45, 2.75) is 33.3 Å². The minimum atomic E-state index is -0.866. The summed E-state index contributed by atoms with van der Waals surface area (Å²) in [5.74, 6) is -0.126. The zero-order valence-corrected chi connectivity index (χ0v) is 8.87. The van der Waals surface area contributed by atoms with Crippen LogP contribution in [0, 0.1) is 13.8 Å². The first-order valence-electron chi connectivity index (χ1n) is 4.77. The molecule has 76 valence electrons. The number of hydrogen-bond donors (Lipinski definition) is 1. The molecule has 0 heterocycles. The topological polar surface area (TPSA) is 37.3 Å². The van der Waals surface area contributed by atoms with E-state index in [1.165, 1.54) is 6.92 Å². The highest BCUT2D eigenvalue weighted by Gasteiger charge is 2.11. The third-order valence-electron chi connectivity index (χ3n) is 2.34. The molecule has 0 saturated heterocycles. The molecule has 0 saturated carbocycles. The largest absolute Gasteiger partial charge is 0.386 e. The van der Waals surface area contributed by atoms with Gasteiger partial charge in [-0.15, -0.1) is 0 Å². The first-order chi connectivity index (χ1) is 6.50. The standard InChI is InChI=1S/C12H16O2/c1-8-4-5-9(2)11(6-8)7-12(14)10(3)13/h4-6,10,13H,7H2,1-3H3. The molecule has 2 nitrogen and oxygen atoms in total. The smallest absolute Gasteiger partial charge is 0.165 e. The van der Waals surface area contributed by atoms with Gasteiger partial charge in [-0.3, -0.25) is 4.79 Å². The molecule has 0 spiro atoms. The molecular formula is C12H16O2. The number of benzene rings is 1. The van der Waals surface area contributed by atoms with Gasteiger partial charge in [0.25, 0.3) is 0 Å². The molecule has 0 bridgehead atoms. The molecule has 0 radical (unpaired) electrons. The van der Waals surface area contributed by atoms with Gasteiger partial charge in [-0.05, 0) is 31.9 Å². The summed E-state index contributed by atoms with van der Waals surface area (Å²) in [5.41, 5.74) is 3.25. The lowest BCUT2D eigenvalue weighted by molar-refractivity contribution is -0.125. The molecule has 0 aromatic heterocycles. The molecule has 2 heteroatoms. The fourth-order valence-electron chi connectivity index (χ4n) is 1.33. The third-order valence-corrected chi connectivity index (χ3v) is 2.34. The molecule has 1 aromatic carbocycles. The molecule has 1 rings (SSSR count). The normalized spacial score (nSPS) is 12.6. The fraction of sp³-hybridized carbons (Fsp3) is 0.417. The summed E-state index contributed by atoms with van der Waals surface area (Å²) in [7, 11) is 0. The minimum absolute atomic E-state index is 0.126. The molecule has 1 atom stereocenters. The lowest BCUT2D eigenvalue weighted by atomic mass is 9.99. The van der Waals surface area contributed by atoms with Crippen molar-refractivity contribution in [3.63, 3.8) is 0 Å². The highest BCUT2D eigenvalue weighted by Crippen LogP contribution is 2.12. The van der Waals surface area contributed by atoms with Gasteiger partial charge in [0.15, 0.2) is 5.78 Å². The van der Waals surface area contributed by atoms with E-state index in [1.807, 2.05) is 32.0 Å². The minimum Gasteiger partial charge on any atom is -0.386 e. The fourth-order valence-corrected chi connectivity index (χ4v) is 1.33. The first-order valence-corrected chi connectivity index (χ1v) is 4.77. The Bertz CT molecular complexity index is 340. The first kappa shape index (κ1) is 10.9. The molecule has 1 aromatic rings. The second-order valence-electron chi connectivity index (χ2n) is 3.75. The number of carbonyl (C=O) groups is 1. The number of aliphatic hydroxyl groups excluding tert-OH is 1. The Hall–Kier alpha value is -1.15. The summed E-state index contributed by atoms with van der Waals surface area (Å²) >= 11 is 0. The Morgan fingerprint density at radius 2 is 2.07 bits per heavy atom. The van der Waals surface area contributed by atoms with Crippen LogP contribution in [0.25, 0.3) is 0 Å². The van der Waals surface area contributed by atoms with Crippen LogP contribution >= 0.6 is 0 Å². The Balaban J connectivity index is 2.86. The second kappa shape index (κ2) is 4.38. The summed E-state index contributed by atoms with van der Waals surface area (Å²) in [6, 6.07) is 6.02. The molecule has 0 aliphatic rings. The van der Waals surface area contributed by atoms with Crippen LogP contribution in [0.2, 0.25) is 0 Å². The summed E-state index contributed by atoms with van der Waals surface area (Å²) in [5, 5.41) is 9.09. The summed E-state index contributed by atoms with van der Waals surface area (Å²) < 4.78 is 0. The Morgan fingerprint density at radius 3 is 2.64 bits per heavy atom. The lowest BCUT2D eigenvalue weighted by Gasteiger charge is -2.07. The van der Waals surface area contributed by atoms with Gasteiger partial charge < -0.3 is 5.11 Å². The molecule has 0 aliphatic carbocycles. The van der Waals surface area contributed by atoms with Gasteiger partial charge in [0.1, 0.15) is 6.10 Å². The van der Waals surface area contributed by atoms with Crippen LogP contribution in [0.15, 0.2) is 18.2 Å². The van der Waals surface area contributed by atoms with E-state index in [0.29, 0.717) is 6.42 Å². The van der Waals surface area contributed by atoms with Gasteiger partial charge in [-0.25, -0.2) is 0 Å². The number of rotatable bonds is 3. The molecular weight excluding hydrogens is 176 g/mol. The Labute approximate surface area is 84.6 Å². The van der Waals surface area contributed by atoms with Crippen LogP contribution in [0.4, 0.5) is 0 Å². The number of aryl methyl sites for hydroxylation is 2. The highest BCUT2D eigenvalue weighted by molar-refractivity contribution is 5.84. The molecule has 0 aliphatic heterocycles. The van der Waals surface area contributed by atoms with Crippen molar-refractivity contribution in [1.82, 2.24) is 0 Å². The van der Waals surface area contributed by atoms with E-state index >= 15 is 0 Å². The van der Waals surface area contributed by atoms with E-state index in [9.17, 15) is 4.79 Å². The summed E-state index contributed by atoms with van der Waals surface area (Å²) in [6.07, 6.45) is -0.541. The van der Waals surface area contributed by atoms with E-state index in [1.54, 1.807) is 0 Å². The van der Waals surface area contributed by atoms with Crippen molar-refractivity contribution < 1.29 is 9.90 Å². The van der Waals surface area contributed by atoms with Crippen molar-refractivity contribution >= 4 is 5.78 Å². The van der Waals surface area contributed by atoms with Gasteiger partial charge in [0, 0.05) is 6.42 Å². The SMILES string of the molecule is Cc1ccc(C)c(CC(=O)C(C)O)c1.